The first-order valence-electron chi connectivity index (χ1n) is 8.18. The highest BCUT2D eigenvalue weighted by Crippen LogP contribution is 2.21. The van der Waals surface area contributed by atoms with Crippen molar-refractivity contribution in [1.29, 1.82) is 0 Å². The topological polar surface area (TPSA) is 53.9 Å². The van der Waals surface area contributed by atoms with E-state index in [1.54, 1.807) is 12.4 Å². The molecule has 1 saturated heterocycles. The summed E-state index contributed by atoms with van der Waals surface area (Å²) in [5.41, 5.74) is 1.97. The Kier molecular flexibility index (Phi) is 4.06. The van der Waals surface area contributed by atoms with Gasteiger partial charge in [0.25, 0.3) is 0 Å². The number of anilines is 2. The lowest BCUT2D eigenvalue weighted by Crippen LogP contribution is -2.26. The third-order valence-electron chi connectivity index (χ3n) is 4.22. The first-order valence-corrected chi connectivity index (χ1v) is 8.18. The molecule has 1 atom stereocenters. The predicted molar refractivity (Wildman–Crippen MR) is 95.9 cm³/mol. The van der Waals surface area contributed by atoms with Gasteiger partial charge in [0.05, 0.1) is 18.1 Å². The fourth-order valence-corrected chi connectivity index (χ4v) is 3.02. The van der Waals surface area contributed by atoms with E-state index in [2.05, 4.69) is 26.3 Å². The summed E-state index contributed by atoms with van der Waals surface area (Å²) in [5, 5.41) is 3.51. The van der Waals surface area contributed by atoms with E-state index < -0.39 is 0 Å². The summed E-state index contributed by atoms with van der Waals surface area (Å²) >= 11 is 0. The zero-order chi connectivity index (χ0) is 16.2. The van der Waals surface area contributed by atoms with Crippen LogP contribution < -0.4 is 10.2 Å². The van der Waals surface area contributed by atoms with Crippen LogP contribution in [-0.4, -0.2) is 34.1 Å². The van der Waals surface area contributed by atoms with Crippen LogP contribution in [0.4, 0.5) is 11.6 Å². The van der Waals surface area contributed by atoms with Gasteiger partial charge in [-0.05, 0) is 18.6 Å². The summed E-state index contributed by atoms with van der Waals surface area (Å²) in [6.45, 7) is 1.93. The zero-order valence-corrected chi connectivity index (χ0v) is 13.3. The van der Waals surface area contributed by atoms with E-state index in [-0.39, 0.29) is 0 Å². The monoisotopic (exact) mass is 317 g/mol. The van der Waals surface area contributed by atoms with Gasteiger partial charge in [0.15, 0.2) is 0 Å². The molecule has 5 nitrogen and oxygen atoms in total. The Balaban J connectivity index is 1.45. The van der Waals surface area contributed by atoms with Crippen LogP contribution in [0.1, 0.15) is 6.42 Å². The maximum absolute atomic E-state index is 4.70. The van der Waals surface area contributed by atoms with Crippen LogP contribution in [0.2, 0.25) is 0 Å². The van der Waals surface area contributed by atoms with Gasteiger partial charge in [-0.3, -0.25) is 4.98 Å². The van der Waals surface area contributed by atoms with Crippen molar-refractivity contribution in [3.05, 3.63) is 67.1 Å². The van der Waals surface area contributed by atoms with Gasteiger partial charge in [-0.15, -0.1) is 0 Å². The van der Waals surface area contributed by atoms with E-state index in [1.807, 2.05) is 48.7 Å². The third-order valence-corrected chi connectivity index (χ3v) is 4.22. The number of benzene rings is 1. The minimum absolute atomic E-state index is 0.354. The molecule has 0 bridgehead atoms. The van der Waals surface area contributed by atoms with Crippen molar-refractivity contribution in [3.8, 4) is 11.3 Å². The van der Waals surface area contributed by atoms with Crippen molar-refractivity contribution in [2.45, 2.75) is 12.5 Å². The maximum Gasteiger partial charge on any atom is 0.145 e. The maximum atomic E-state index is 4.70. The van der Waals surface area contributed by atoms with Crippen molar-refractivity contribution in [2.75, 3.05) is 23.3 Å². The van der Waals surface area contributed by atoms with E-state index >= 15 is 0 Å². The molecule has 5 heteroatoms. The van der Waals surface area contributed by atoms with Gasteiger partial charge in [-0.1, -0.05) is 36.4 Å². The average Bonchev–Trinajstić information content (AvgIpc) is 3.12. The molecule has 0 aliphatic carbocycles. The zero-order valence-electron chi connectivity index (χ0n) is 13.3. The fraction of sp³-hybridized carbons (Fsp3) is 0.211. The number of rotatable bonds is 4. The number of aromatic nitrogens is 3. The van der Waals surface area contributed by atoms with Gasteiger partial charge in [0, 0.05) is 30.9 Å². The van der Waals surface area contributed by atoms with Crippen molar-refractivity contribution < 1.29 is 0 Å². The lowest BCUT2D eigenvalue weighted by Gasteiger charge is -2.18. The Bertz CT molecular complexity index is 791. The largest absolute Gasteiger partial charge is 0.364 e. The van der Waals surface area contributed by atoms with Crippen molar-refractivity contribution in [1.82, 2.24) is 15.0 Å². The van der Waals surface area contributed by atoms with Crippen LogP contribution in [0.5, 0.6) is 0 Å². The second-order valence-electron chi connectivity index (χ2n) is 5.92. The summed E-state index contributed by atoms with van der Waals surface area (Å²) in [5.74, 6) is 1.86. The second kappa shape index (κ2) is 6.66. The summed E-state index contributed by atoms with van der Waals surface area (Å²) < 4.78 is 0. The smallest absolute Gasteiger partial charge is 0.145 e. The van der Waals surface area contributed by atoms with Gasteiger partial charge in [-0.2, -0.15) is 0 Å². The van der Waals surface area contributed by atoms with Gasteiger partial charge in [0.1, 0.15) is 11.6 Å². The lowest BCUT2D eigenvalue weighted by molar-refractivity contribution is 0.798. The quantitative estimate of drug-likeness (QED) is 0.800. The minimum atomic E-state index is 0.354. The third kappa shape index (κ3) is 3.20. The molecule has 1 fully saturated rings. The molecule has 120 valence electrons. The molecule has 0 saturated carbocycles. The summed E-state index contributed by atoms with van der Waals surface area (Å²) in [4.78, 5) is 15.7. The fourth-order valence-electron chi connectivity index (χ4n) is 3.02. The molecule has 2 aromatic heterocycles. The molecule has 4 rings (SSSR count). The van der Waals surface area contributed by atoms with E-state index in [0.717, 1.165) is 42.4 Å². The van der Waals surface area contributed by atoms with Crippen molar-refractivity contribution in [3.63, 3.8) is 0 Å². The Morgan fingerprint density at radius 1 is 1.00 bits per heavy atom. The lowest BCUT2D eigenvalue weighted by atomic mass is 10.2. The number of hydrogen-bond acceptors (Lipinski definition) is 5. The van der Waals surface area contributed by atoms with E-state index in [9.17, 15) is 0 Å². The van der Waals surface area contributed by atoms with Crippen LogP contribution in [-0.2, 0) is 0 Å². The highest BCUT2D eigenvalue weighted by atomic mass is 15.2. The number of nitrogens with one attached hydrogen (secondary N) is 1. The number of hydrogen-bond donors (Lipinski definition) is 1. The van der Waals surface area contributed by atoms with Crippen molar-refractivity contribution >= 4 is 11.6 Å². The average molecular weight is 317 g/mol. The van der Waals surface area contributed by atoms with Gasteiger partial charge >= 0.3 is 0 Å². The molecule has 0 radical (unpaired) electrons. The van der Waals surface area contributed by atoms with Crippen LogP contribution in [0.15, 0.2) is 67.1 Å². The van der Waals surface area contributed by atoms with E-state index in [1.165, 1.54) is 0 Å². The molecule has 0 amide bonds. The molecule has 24 heavy (non-hydrogen) atoms. The standard InChI is InChI=1S/C19H19N5/c1-2-6-15(7-3-1)17-12-20-13-18(23-17)22-16-9-11-24(14-16)19-8-4-5-10-21-19/h1-8,10,12-13,16H,9,11,14H2,(H,22,23). The van der Waals surface area contributed by atoms with Crippen LogP contribution in [0.25, 0.3) is 11.3 Å². The highest BCUT2D eigenvalue weighted by Gasteiger charge is 2.23. The predicted octanol–water partition coefficient (Wildman–Crippen LogP) is 3.23. The first kappa shape index (κ1) is 14.6. The van der Waals surface area contributed by atoms with E-state index in [0.29, 0.717) is 6.04 Å². The Morgan fingerprint density at radius 2 is 1.88 bits per heavy atom. The highest BCUT2D eigenvalue weighted by molar-refractivity contribution is 5.59. The molecule has 1 aromatic carbocycles. The summed E-state index contributed by atoms with van der Waals surface area (Å²) in [6, 6.07) is 16.5. The van der Waals surface area contributed by atoms with Gasteiger partial charge in [-0.25, -0.2) is 9.97 Å². The molecule has 3 aromatic rings. The van der Waals surface area contributed by atoms with Crippen LogP contribution >= 0.6 is 0 Å². The normalized spacial score (nSPS) is 17.0. The van der Waals surface area contributed by atoms with Gasteiger partial charge in [0.2, 0.25) is 0 Å². The Morgan fingerprint density at radius 3 is 2.71 bits per heavy atom. The minimum Gasteiger partial charge on any atom is -0.364 e. The Hall–Kier alpha value is -2.95. The molecule has 1 N–H and O–H groups in total. The van der Waals surface area contributed by atoms with Crippen LogP contribution in [0.3, 0.4) is 0 Å². The molecule has 0 spiro atoms. The molecule has 1 unspecified atom stereocenters. The SMILES string of the molecule is c1ccc(-c2cncc(NC3CCN(c4ccccn4)C3)n2)cc1. The summed E-state index contributed by atoms with van der Waals surface area (Å²) in [6.07, 6.45) is 6.49. The molecule has 1 aliphatic rings. The molecule has 3 heterocycles. The van der Waals surface area contributed by atoms with Crippen molar-refractivity contribution in [2.24, 2.45) is 0 Å². The van der Waals surface area contributed by atoms with Crippen LogP contribution in [0, 0.1) is 0 Å². The molecule has 1 aliphatic heterocycles. The first-order chi connectivity index (χ1) is 11.9. The molecular weight excluding hydrogens is 298 g/mol. The molecular formula is C19H19N5. The number of nitrogens with zero attached hydrogens (tertiary/aromatic N) is 4. The summed E-state index contributed by atoms with van der Waals surface area (Å²) in [7, 11) is 0. The van der Waals surface area contributed by atoms with Gasteiger partial charge < -0.3 is 10.2 Å². The second-order valence-corrected chi connectivity index (χ2v) is 5.92. The number of pyridine rings is 1. The van der Waals surface area contributed by atoms with E-state index in [4.69, 9.17) is 4.98 Å². The Labute approximate surface area is 141 Å².